The monoisotopic (exact) mass is 582 g/mol. The van der Waals surface area contributed by atoms with Crippen molar-refractivity contribution in [1.29, 1.82) is 0 Å². The first kappa shape index (κ1) is 28.4. The molecule has 3 N–H and O–H groups in total. The number of hydrogen-bond donors (Lipinski definition) is 3. The number of benzene rings is 4. The highest BCUT2D eigenvalue weighted by Gasteiger charge is 2.19. The van der Waals surface area contributed by atoms with Gasteiger partial charge in [-0.15, -0.1) is 0 Å². The molecule has 0 fully saturated rings. The van der Waals surface area contributed by atoms with E-state index in [0.29, 0.717) is 46.4 Å². The largest absolute Gasteiger partial charge is 0.478 e. The number of anilines is 3. The van der Waals surface area contributed by atoms with Crippen LogP contribution in [-0.2, 0) is 22.4 Å². The lowest BCUT2D eigenvalue weighted by atomic mass is 10.1. The van der Waals surface area contributed by atoms with Crippen molar-refractivity contribution >= 4 is 57.9 Å². The third-order valence-electron chi connectivity index (χ3n) is 6.50. The minimum Gasteiger partial charge on any atom is -0.478 e. The van der Waals surface area contributed by atoms with Gasteiger partial charge in [0.15, 0.2) is 5.58 Å². The summed E-state index contributed by atoms with van der Waals surface area (Å²) >= 11 is 6.13. The van der Waals surface area contributed by atoms with Crippen LogP contribution in [0.3, 0.4) is 0 Å². The highest BCUT2D eigenvalue weighted by molar-refractivity contribution is 6.30. The van der Waals surface area contributed by atoms with Crippen molar-refractivity contribution in [2.75, 3.05) is 23.7 Å². The summed E-state index contributed by atoms with van der Waals surface area (Å²) in [4.78, 5) is 43.5. The predicted octanol–water partition coefficient (Wildman–Crippen LogP) is 6.18. The summed E-state index contributed by atoms with van der Waals surface area (Å²) in [5.41, 5.74) is 4.22. The molecule has 0 atom stereocenters. The molecule has 0 unspecified atom stereocenters. The van der Waals surface area contributed by atoms with E-state index in [9.17, 15) is 14.4 Å². The van der Waals surface area contributed by atoms with Gasteiger partial charge in [0, 0.05) is 22.9 Å². The molecule has 5 rings (SSSR count). The van der Waals surface area contributed by atoms with Crippen LogP contribution in [0, 0.1) is 0 Å². The van der Waals surface area contributed by atoms with E-state index >= 15 is 0 Å². The molecule has 42 heavy (non-hydrogen) atoms. The Morgan fingerprint density at radius 3 is 2.38 bits per heavy atom. The maximum absolute atomic E-state index is 13.5. The van der Waals surface area contributed by atoms with E-state index < -0.39 is 11.9 Å². The van der Waals surface area contributed by atoms with Crippen LogP contribution in [0.4, 0.5) is 17.4 Å². The molecular formula is C32H27ClN4O5. The maximum atomic E-state index is 13.5. The molecule has 4 aromatic carbocycles. The highest BCUT2D eigenvalue weighted by atomic mass is 35.5. The van der Waals surface area contributed by atoms with E-state index in [1.54, 1.807) is 18.2 Å². The number of fused-ring (bicyclic) bond motifs is 1. The Morgan fingerprint density at radius 1 is 0.857 bits per heavy atom. The van der Waals surface area contributed by atoms with Crippen molar-refractivity contribution in [2.24, 2.45) is 0 Å². The van der Waals surface area contributed by atoms with Crippen LogP contribution in [0.25, 0.3) is 11.1 Å². The first-order chi connectivity index (χ1) is 20.3. The van der Waals surface area contributed by atoms with Gasteiger partial charge < -0.3 is 25.1 Å². The molecule has 2 amide bonds. The maximum Gasteiger partial charge on any atom is 0.335 e. The summed E-state index contributed by atoms with van der Waals surface area (Å²) in [5.74, 6) is -1.70. The average molecular weight is 583 g/mol. The molecule has 1 aromatic heterocycles. The van der Waals surface area contributed by atoms with Gasteiger partial charge in [-0.25, -0.2) is 4.79 Å². The molecule has 0 spiro atoms. The van der Waals surface area contributed by atoms with Crippen LogP contribution >= 0.6 is 11.6 Å². The van der Waals surface area contributed by atoms with Gasteiger partial charge in [-0.05, 0) is 78.2 Å². The second-order valence-electron chi connectivity index (χ2n) is 9.61. The number of hydrogen-bond acceptors (Lipinski definition) is 6. The summed E-state index contributed by atoms with van der Waals surface area (Å²) in [7, 11) is 0. The summed E-state index contributed by atoms with van der Waals surface area (Å²) in [6.07, 6.45) is 0.552. The molecule has 5 aromatic rings. The van der Waals surface area contributed by atoms with Crippen molar-refractivity contribution < 1.29 is 23.9 Å². The number of carboxylic acid groups (broad SMARTS) is 1. The number of oxazole rings is 1. The van der Waals surface area contributed by atoms with Crippen molar-refractivity contribution in [3.63, 3.8) is 0 Å². The SMILES string of the molecule is O=C(CN(CCc1cccc(Cl)c1)C(=O)Cc1ccc2nc(Nc3ccccc3)oc2c1)Nc1ccc(C(=O)O)cc1. The van der Waals surface area contributed by atoms with Crippen molar-refractivity contribution in [3.8, 4) is 0 Å². The fraction of sp³-hybridized carbons (Fsp3) is 0.125. The molecule has 0 aliphatic carbocycles. The Labute approximate surface area is 246 Å². The normalized spacial score (nSPS) is 10.8. The molecule has 10 heteroatoms. The summed E-state index contributed by atoms with van der Waals surface area (Å²) in [6, 6.07) is 28.4. The number of amides is 2. The second-order valence-corrected chi connectivity index (χ2v) is 10.1. The lowest BCUT2D eigenvalue weighted by Crippen LogP contribution is -2.40. The summed E-state index contributed by atoms with van der Waals surface area (Å²) in [5, 5.41) is 15.5. The van der Waals surface area contributed by atoms with Crippen molar-refractivity contribution in [1.82, 2.24) is 9.88 Å². The second kappa shape index (κ2) is 13.0. The predicted molar refractivity (Wildman–Crippen MR) is 161 cm³/mol. The summed E-state index contributed by atoms with van der Waals surface area (Å²) in [6.45, 7) is 0.107. The number of halogens is 1. The van der Waals surface area contributed by atoms with Crippen LogP contribution in [0.15, 0.2) is 101 Å². The zero-order valence-electron chi connectivity index (χ0n) is 22.4. The Hall–Kier alpha value is -5.15. The van der Waals surface area contributed by atoms with E-state index in [2.05, 4.69) is 15.6 Å². The van der Waals surface area contributed by atoms with Gasteiger partial charge in [0.1, 0.15) is 5.52 Å². The topological polar surface area (TPSA) is 125 Å². The molecule has 212 valence electrons. The lowest BCUT2D eigenvalue weighted by molar-refractivity contribution is -0.134. The Balaban J connectivity index is 1.28. The number of rotatable bonds is 11. The average Bonchev–Trinajstić information content (AvgIpc) is 3.37. The third-order valence-corrected chi connectivity index (χ3v) is 6.73. The molecule has 1 heterocycles. The van der Waals surface area contributed by atoms with Crippen LogP contribution in [0.5, 0.6) is 0 Å². The van der Waals surface area contributed by atoms with Crippen LogP contribution < -0.4 is 10.6 Å². The Bertz CT molecular complexity index is 1720. The highest BCUT2D eigenvalue weighted by Crippen LogP contribution is 2.23. The van der Waals surface area contributed by atoms with Crippen molar-refractivity contribution in [3.05, 3.63) is 119 Å². The van der Waals surface area contributed by atoms with E-state index in [-0.39, 0.29) is 24.4 Å². The van der Waals surface area contributed by atoms with Gasteiger partial charge in [-0.1, -0.05) is 48.0 Å². The zero-order valence-corrected chi connectivity index (χ0v) is 23.2. The standard InChI is InChI=1S/C32H27ClN4O5/c33-24-6-4-5-21(17-24)15-16-37(20-29(38)34-26-12-10-23(11-13-26)31(40)41)30(39)19-22-9-14-27-28(18-22)42-32(36-27)35-25-7-2-1-3-8-25/h1-14,17-18H,15-16,19-20H2,(H,34,38)(H,35,36)(H,40,41). The number of carbonyl (C=O) groups is 3. The summed E-state index contributed by atoms with van der Waals surface area (Å²) < 4.78 is 5.86. The van der Waals surface area contributed by atoms with Gasteiger partial charge in [0.05, 0.1) is 18.5 Å². The number of carboxylic acids is 1. The Kier molecular flexibility index (Phi) is 8.79. The smallest absolute Gasteiger partial charge is 0.335 e. The van der Waals surface area contributed by atoms with E-state index in [0.717, 1.165) is 11.3 Å². The minimum absolute atomic E-state index is 0.0498. The van der Waals surface area contributed by atoms with Gasteiger partial charge in [-0.3, -0.25) is 9.59 Å². The van der Waals surface area contributed by atoms with Crippen LogP contribution in [-0.4, -0.2) is 45.9 Å². The molecule has 0 radical (unpaired) electrons. The zero-order chi connectivity index (χ0) is 29.5. The number of para-hydroxylation sites is 1. The fourth-order valence-corrected chi connectivity index (χ4v) is 4.60. The van der Waals surface area contributed by atoms with E-state index in [4.69, 9.17) is 21.1 Å². The first-order valence-electron chi connectivity index (χ1n) is 13.2. The molecule has 9 nitrogen and oxygen atoms in total. The molecule has 0 saturated heterocycles. The molecular weight excluding hydrogens is 556 g/mol. The van der Waals surface area contributed by atoms with Crippen LogP contribution in [0.1, 0.15) is 21.5 Å². The number of aromatic carboxylic acids is 1. The lowest BCUT2D eigenvalue weighted by Gasteiger charge is -2.22. The number of aromatic nitrogens is 1. The minimum atomic E-state index is -1.06. The fourth-order valence-electron chi connectivity index (χ4n) is 4.38. The van der Waals surface area contributed by atoms with Crippen molar-refractivity contribution in [2.45, 2.75) is 12.8 Å². The molecule has 0 aliphatic rings. The molecule has 0 aliphatic heterocycles. The third kappa shape index (κ3) is 7.52. The van der Waals surface area contributed by atoms with Gasteiger partial charge in [0.25, 0.3) is 6.01 Å². The first-order valence-corrected chi connectivity index (χ1v) is 13.6. The number of carbonyl (C=O) groups excluding carboxylic acids is 2. The number of nitrogens with zero attached hydrogens (tertiary/aromatic N) is 2. The van der Waals surface area contributed by atoms with Gasteiger partial charge in [-0.2, -0.15) is 4.98 Å². The van der Waals surface area contributed by atoms with Crippen LogP contribution in [0.2, 0.25) is 5.02 Å². The Morgan fingerprint density at radius 2 is 1.64 bits per heavy atom. The molecule has 0 saturated carbocycles. The van der Waals surface area contributed by atoms with E-state index in [1.165, 1.54) is 29.2 Å². The molecule has 0 bridgehead atoms. The van der Waals surface area contributed by atoms with E-state index in [1.807, 2.05) is 54.6 Å². The van der Waals surface area contributed by atoms with Gasteiger partial charge >= 0.3 is 5.97 Å². The number of nitrogens with one attached hydrogen (secondary N) is 2. The quantitative estimate of drug-likeness (QED) is 0.170. The van der Waals surface area contributed by atoms with Gasteiger partial charge in [0.2, 0.25) is 11.8 Å².